The van der Waals surface area contributed by atoms with Gasteiger partial charge in [0.2, 0.25) is 0 Å². The highest BCUT2D eigenvalue weighted by Crippen LogP contribution is 2.19. The van der Waals surface area contributed by atoms with Gasteiger partial charge in [-0.2, -0.15) is 0 Å². The molecular weight excluding hydrogens is 178 g/mol. The van der Waals surface area contributed by atoms with E-state index in [1.165, 1.54) is 0 Å². The number of nitrogens with zero attached hydrogens (tertiary/aromatic N) is 1. The van der Waals surface area contributed by atoms with E-state index in [9.17, 15) is 0 Å². The number of anilines is 1. The highest BCUT2D eigenvalue weighted by molar-refractivity contribution is 5.46. The molecule has 14 heavy (non-hydrogen) atoms. The zero-order valence-corrected chi connectivity index (χ0v) is 8.99. The summed E-state index contributed by atoms with van der Waals surface area (Å²) in [4.78, 5) is 5.44. The standard InChI is InChI=1S/C11H17NO2/c1-4-12(14-5-2)10-6-8-11(13-3)9-7-10/h6-9H,4-5H2,1-3H3. The minimum atomic E-state index is 0.680. The lowest BCUT2D eigenvalue weighted by Gasteiger charge is -2.21. The summed E-state index contributed by atoms with van der Waals surface area (Å²) >= 11 is 0. The number of hydrogen-bond acceptors (Lipinski definition) is 3. The highest BCUT2D eigenvalue weighted by atomic mass is 16.7. The van der Waals surface area contributed by atoms with Crippen molar-refractivity contribution in [3.05, 3.63) is 24.3 Å². The maximum absolute atomic E-state index is 5.44. The van der Waals surface area contributed by atoms with E-state index < -0.39 is 0 Å². The van der Waals surface area contributed by atoms with E-state index in [1.807, 2.05) is 36.3 Å². The SMILES string of the molecule is CCON(CC)c1ccc(OC)cc1. The van der Waals surface area contributed by atoms with Crippen LogP contribution in [0.4, 0.5) is 5.69 Å². The zero-order chi connectivity index (χ0) is 10.4. The monoisotopic (exact) mass is 195 g/mol. The van der Waals surface area contributed by atoms with E-state index in [0.717, 1.165) is 18.0 Å². The van der Waals surface area contributed by atoms with Gasteiger partial charge in [0.25, 0.3) is 0 Å². The first-order valence-electron chi connectivity index (χ1n) is 4.86. The Balaban J connectivity index is 2.73. The molecule has 0 aliphatic rings. The van der Waals surface area contributed by atoms with Gasteiger partial charge in [-0.3, -0.25) is 9.90 Å². The van der Waals surface area contributed by atoms with Gasteiger partial charge in [0.05, 0.1) is 19.4 Å². The molecule has 0 bridgehead atoms. The molecule has 0 spiro atoms. The lowest BCUT2D eigenvalue weighted by molar-refractivity contribution is 0.123. The van der Waals surface area contributed by atoms with Gasteiger partial charge in [-0.15, -0.1) is 0 Å². The van der Waals surface area contributed by atoms with E-state index in [-0.39, 0.29) is 0 Å². The Labute approximate surface area is 85.2 Å². The van der Waals surface area contributed by atoms with Crippen molar-refractivity contribution in [2.24, 2.45) is 0 Å². The topological polar surface area (TPSA) is 21.7 Å². The average Bonchev–Trinajstić information content (AvgIpc) is 2.26. The molecule has 3 heteroatoms. The third-order valence-corrected chi connectivity index (χ3v) is 1.93. The first-order chi connectivity index (χ1) is 6.81. The molecule has 0 fully saturated rings. The van der Waals surface area contributed by atoms with Gasteiger partial charge in [0.15, 0.2) is 0 Å². The van der Waals surface area contributed by atoms with Gasteiger partial charge in [0, 0.05) is 6.54 Å². The minimum absolute atomic E-state index is 0.680. The molecule has 0 aromatic heterocycles. The normalized spacial score (nSPS) is 9.93. The van der Waals surface area contributed by atoms with Crippen molar-refractivity contribution in [3.8, 4) is 5.75 Å². The second kappa shape index (κ2) is 5.50. The third kappa shape index (κ3) is 2.64. The summed E-state index contributed by atoms with van der Waals surface area (Å²) in [5.74, 6) is 0.862. The van der Waals surface area contributed by atoms with Gasteiger partial charge in [0.1, 0.15) is 5.75 Å². The number of rotatable bonds is 5. The fraction of sp³-hybridized carbons (Fsp3) is 0.455. The van der Waals surface area contributed by atoms with Crippen molar-refractivity contribution in [1.82, 2.24) is 0 Å². The lowest BCUT2D eigenvalue weighted by atomic mass is 10.3. The van der Waals surface area contributed by atoms with Gasteiger partial charge in [-0.05, 0) is 38.1 Å². The lowest BCUT2D eigenvalue weighted by Crippen LogP contribution is -2.22. The maximum Gasteiger partial charge on any atom is 0.119 e. The first-order valence-corrected chi connectivity index (χ1v) is 4.86. The smallest absolute Gasteiger partial charge is 0.119 e. The van der Waals surface area contributed by atoms with Crippen LogP contribution in [0.25, 0.3) is 0 Å². The summed E-state index contributed by atoms with van der Waals surface area (Å²) in [5.41, 5.74) is 1.05. The van der Waals surface area contributed by atoms with Crippen molar-refractivity contribution < 1.29 is 9.57 Å². The van der Waals surface area contributed by atoms with Gasteiger partial charge >= 0.3 is 0 Å². The van der Waals surface area contributed by atoms with Gasteiger partial charge < -0.3 is 4.74 Å². The molecule has 0 N–H and O–H groups in total. The predicted molar refractivity (Wildman–Crippen MR) is 57.6 cm³/mol. The van der Waals surface area contributed by atoms with E-state index in [2.05, 4.69) is 6.92 Å². The molecule has 3 nitrogen and oxygen atoms in total. The molecule has 0 atom stereocenters. The Hall–Kier alpha value is -1.22. The molecule has 0 aliphatic carbocycles. The van der Waals surface area contributed by atoms with Gasteiger partial charge in [-0.1, -0.05) is 0 Å². The summed E-state index contributed by atoms with van der Waals surface area (Å²) < 4.78 is 5.08. The molecule has 0 radical (unpaired) electrons. The van der Waals surface area contributed by atoms with Crippen LogP contribution in [0.15, 0.2) is 24.3 Å². The highest BCUT2D eigenvalue weighted by Gasteiger charge is 2.03. The Kier molecular flexibility index (Phi) is 4.26. The second-order valence-corrected chi connectivity index (χ2v) is 2.81. The van der Waals surface area contributed by atoms with Crippen molar-refractivity contribution in [3.63, 3.8) is 0 Å². The summed E-state index contributed by atoms with van der Waals surface area (Å²) in [6.45, 7) is 5.55. The number of benzene rings is 1. The third-order valence-electron chi connectivity index (χ3n) is 1.93. The molecule has 0 amide bonds. The summed E-state index contributed by atoms with van der Waals surface area (Å²) in [7, 11) is 1.66. The summed E-state index contributed by atoms with van der Waals surface area (Å²) in [5, 5.41) is 1.86. The molecule has 1 aromatic rings. The maximum atomic E-state index is 5.44. The van der Waals surface area contributed by atoms with Gasteiger partial charge in [-0.25, -0.2) is 0 Å². The van der Waals surface area contributed by atoms with Crippen molar-refractivity contribution >= 4 is 5.69 Å². The number of ether oxygens (including phenoxy) is 1. The quantitative estimate of drug-likeness (QED) is 0.674. The van der Waals surface area contributed by atoms with E-state index >= 15 is 0 Å². The van der Waals surface area contributed by atoms with Crippen LogP contribution in [0.3, 0.4) is 0 Å². The average molecular weight is 195 g/mol. The molecule has 1 aromatic carbocycles. The molecule has 78 valence electrons. The summed E-state index contributed by atoms with van der Waals surface area (Å²) in [6, 6.07) is 7.82. The van der Waals surface area contributed by atoms with Crippen LogP contribution in [0.5, 0.6) is 5.75 Å². The molecule has 0 saturated carbocycles. The van der Waals surface area contributed by atoms with Crippen LogP contribution in [0, 0.1) is 0 Å². The van der Waals surface area contributed by atoms with Crippen LogP contribution >= 0.6 is 0 Å². The Bertz CT molecular complexity index is 258. The Morgan fingerprint density at radius 2 is 1.79 bits per heavy atom. The predicted octanol–water partition coefficient (Wildman–Crippen LogP) is 2.47. The minimum Gasteiger partial charge on any atom is -0.497 e. The molecule has 0 saturated heterocycles. The van der Waals surface area contributed by atoms with Crippen LogP contribution < -0.4 is 9.80 Å². The first kappa shape index (κ1) is 10.9. The van der Waals surface area contributed by atoms with Crippen molar-refractivity contribution in [2.45, 2.75) is 13.8 Å². The van der Waals surface area contributed by atoms with Crippen molar-refractivity contribution in [1.29, 1.82) is 0 Å². The Morgan fingerprint density at radius 3 is 2.21 bits per heavy atom. The van der Waals surface area contributed by atoms with Crippen LogP contribution in [0.1, 0.15) is 13.8 Å². The fourth-order valence-corrected chi connectivity index (χ4v) is 1.25. The van der Waals surface area contributed by atoms with Crippen molar-refractivity contribution in [2.75, 3.05) is 25.3 Å². The molecule has 0 unspecified atom stereocenters. The molecular formula is C11H17NO2. The number of methoxy groups -OCH3 is 1. The van der Waals surface area contributed by atoms with E-state index in [0.29, 0.717) is 6.61 Å². The number of hydrogen-bond donors (Lipinski definition) is 0. The van der Waals surface area contributed by atoms with Crippen LogP contribution in [-0.4, -0.2) is 20.3 Å². The molecule has 0 aliphatic heterocycles. The largest absolute Gasteiger partial charge is 0.497 e. The summed E-state index contributed by atoms with van der Waals surface area (Å²) in [6.07, 6.45) is 0. The van der Waals surface area contributed by atoms with Crippen LogP contribution in [-0.2, 0) is 4.84 Å². The zero-order valence-electron chi connectivity index (χ0n) is 8.99. The molecule has 0 heterocycles. The second-order valence-electron chi connectivity index (χ2n) is 2.81. The Morgan fingerprint density at radius 1 is 1.14 bits per heavy atom. The van der Waals surface area contributed by atoms with Crippen LogP contribution in [0.2, 0.25) is 0 Å². The molecule has 1 rings (SSSR count). The van der Waals surface area contributed by atoms with E-state index in [4.69, 9.17) is 9.57 Å². The fourth-order valence-electron chi connectivity index (χ4n) is 1.25. The van der Waals surface area contributed by atoms with E-state index in [1.54, 1.807) is 7.11 Å². The number of hydroxylamine groups is 1.